The first-order valence-corrected chi connectivity index (χ1v) is 10.4. The predicted octanol–water partition coefficient (Wildman–Crippen LogP) is 3.71. The Bertz CT molecular complexity index is 968. The highest BCUT2D eigenvalue weighted by Crippen LogP contribution is 2.36. The van der Waals surface area contributed by atoms with Crippen molar-refractivity contribution in [1.82, 2.24) is 10.2 Å². The Morgan fingerprint density at radius 2 is 1.67 bits per heavy atom. The van der Waals surface area contributed by atoms with Crippen molar-refractivity contribution in [1.29, 1.82) is 0 Å². The van der Waals surface area contributed by atoms with Crippen LogP contribution in [0.1, 0.15) is 25.3 Å². The van der Waals surface area contributed by atoms with Gasteiger partial charge >= 0.3 is 6.03 Å². The van der Waals surface area contributed by atoms with Gasteiger partial charge in [-0.15, -0.1) is 0 Å². The smallest absolute Gasteiger partial charge is 0.320 e. The first-order chi connectivity index (χ1) is 14.5. The van der Waals surface area contributed by atoms with Gasteiger partial charge in [0.15, 0.2) is 0 Å². The number of nitrogens with zero attached hydrogens (tertiary/aromatic N) is 2. The maximum Gasteiger partial charge on any atom is 0.320 e. The molecule has 7 nitrogen and oxygen atoms in total. The number of hydrogen-bond donors (Lipinski definition) is 3. The van der Waals surface area contributed by atoms with Crippen LogP contribution in [0.5, 0.6) is 0 Å². The van der Waals surface area contributed by atoms with Crippen molar-refractivity contribution in [3.8, 4) is 0 Å². The summed E-state index contributed by atoms with van der Waals surface area (Å²) in [5.41, 5.74) is 1.47. The summed E-state index contributed by atoms with van der Waals surface area (Å²) < 4.78 is 0. The summed E-state index contributed by atoms with van der Waals surface area (Å²) in [7, 11) is 0. The standard InChI is InChI=1S/C22H24ClN5O2/c1-2-28-14-13-24-19(28)15-3-7-17(8-4-15)25-20(29)22(11-12-22)27-21(30)26-18-9-5-16(23)6-10-18/h3-10H,2,11-14H2,1H3,(H,25,29)(H2,26,27,30). The first kappa shape index (κ1) is 20.2. The van der Waals surface area contributed by atoms with Crippen LogP contribution in [0.4, 0.5) is 16.2 Å². The molecular weight excluding hydrogens is 402 g/mol. The number of carbonyl (C=O) groups excluding carboxylic acids is 2. The van der Waals surface area contributed by atoms with Gasteiger partial charge in [0, 0.05) is 35.1 Å². The van der Waals surface area contributed by atoms with Gasteiger partial charge in [0.05, 0.1) is 6.54 Å². The van der Waals surface area contributed by atoms with E-state index in [2.05, 4.69) is 32.8 Å². The number of urea groups is 1. The van der Waals surface area contributed by atoms with Gasteiger partial charge in [0.2, 0.25) is 5.91 Å². The van der Waals surface area contributed by atoms with Crippen LogP contribution in [-0.2, 0) is 4.79 Å². The molecule has 156 valence electrons. The van der Waals surface area contributed by atoms with Gasteiger partial charge in [-0.1, -0.05) is 11.6 Å². The fraction of sp³-hybridized carbons (Fsp3) is 0.318. The summed E-state index contributed by atoms with van der Waals surface area (Å²) in [6, 6.07) is 14.0. The van der Waals surface area contributed by atoms with Gasteiger partial charge in [-0.3, -0.25) is 9.79 Å². The molecule has 2 aromatic rings. The van der Waals surface area contributed by atoms with Gasteiger partial charge in [-0.25, -0.2) is 4.79 Å². The van der Waals surface area contributed by atoms with E-state index in [0.717, 1.165) is 31.0 Å². The van der Waals surface area contributed by atoms with Crippen molar-refractivity contribution in [2.75, 3.05) is 30.3 Å². The van der Waals surface area contributed by atoms with E-state index in [9.17, 15) is 9.59 Å². The fourth-order valence-electron chi connectivity index (χ4n) is 3.46. The molecule has 1 fully saturated rings. The Morgan fingerprint density at radius 1 is 1.03 bits per heavy atom. The van der Waals surface area contributed by atoms with Gasteiger partial charge in [0.1, 0.15) is 11.4 Å². The van der Waals surface area contributed by atoms with E-state index in [4.69, 9.17) is 11.6 Å². The van der Waals surface area contributed by atoms with Crippen molar-refractivity contribution in [2.24, 2.45) is 4.99 Å². The molecule has 0 bridgehead atoms. The number of hydrogen-bond acceptors (Lipinski definition) is 4. The van der Waals surface area contributed by atoms with Gasteiger partial charge in [-0.2, -0.15) is 0 Å². The number of nitrogens with one attached hydrogen (secondary N) is 3. The molecule has 30 heavy (non-hydrogen) atoms. The average Bonchev–Trinajstić information content (AvgIpc) is 3.36. The van der Waals surface area contributed by atoms with Crippen LogP contribution < -0.4 is 16.0 Å². The van der Waals surface area contributed by atoms with Crippen LogP contribution in [0.2, 0.25) is 5.02 Å². The first-order valence-electron chi connectivity index (χ1n) is 10.1. The third-order valence-corrected chi connectivity index (χ3v) is 5.61. The summed E-state index contributed by atoms with van der Waals surface area (Å²) in [6.07, 6.45) is 1.21. The molecule has 4 rings (SSSR count). The SMILES string of the molecule is CCN1CCN=C1c1ccc(NC(=O)C2(NC(=O)Nc3ccc(Cl)cc3)CC2)cc1. The van der Waals surface area contributed by atoms with E-state index in [1.807, 2.05) is 24.3 Å². The highest BCUT2D eigenvalue weighted by molar-refractivity contribution is 6.30. The number of rotatable bonds is 6. The zero-order chi connectivity index (χ0) is 21.1. The second kappa shape index (κ2) is 8.36. The van der Waals surface area contributed by atoms with Gasteiger partial charge in [0.25, 0.3) is 0 Å². The Hall–Kier alpha value is -3.06. The van der Waals surface area contributed by atoms with E-state index in [1.54, 1.807) is 24.3 Å². The van der Waals surface area contributed by atoms with Crippen LogP contribution in [0.3, 0.4) is 0 Å². The molecule has 1 heterocycles. The minimum Gasteiger partial charge on any atom is -0.355 e. The molecule has 0 atom stereocenters. The topological polar surface area (TPSA) is 85.8 Å². The Labute approximate surface area is 180 Å². The number of aliphatic imine (C=N–C) groups is 1. The lowest BCUT2D eigenvalue weighted by Gasteiger charge is -2.19. The molecule has 3 amide bonds. The average molecular weight is 426 g/mol. The number of carbonyl (C=O) groups is 2. The largest absolute Gasteiger partial charge is 0.355 e. The molecule has 1 saturated carbocycles. The van der Waals surface area contributed by atoms with Crippen molar-refractivity contribution in [3.05, 3.63) is 59.1 Å². The van der Waals surface area contributed by atoms with Crippen LogP contribution in [0.25, 0.3) is 0 Å². The lowest BCUT2D eigenvalue weighted by atomic mass is 10.1. The lowest BCUT2D eigenvalue weighted by molar-refractivity contribution is -0.118. The molecule has 3 N–H and O–H groups in total. The summed E-state index contributed by atoms with van der Waals surface area (Å²) in [5.74, 6) is 0.782. The number of likely N-dealkylation sites (N-methyl/N-ethyl adjacent to an activating group) is 1. The van der Waals surface area contributed by atoms with Crippen molar-refractivity contribution in [3.63, 3.8) is 0 Å². The van der Waals surface area contributed by atoms with E-state index >= 15 is 0 Å². The highest BCUT2D eigenvalue weighted by Gasteiger charge is 2.51. The summed E-state index contributed by atoms with van der Waals surface area (Å²) >= 11 is 5.85. The van der Waals surface area contributed by atoms with Crippen LogP contribution in [0, 0.1) is 0 Å². The van der Waals surface area contributed by atoms with E-state index < -0.39 is 11.6 Å². The molecule has 0 aromatic heterocycles. The van der Waals surface area contributed by atoms with E-state index in [1.165, 1.54) is 0 Å². The second-order valence-corrected chi connectivity index (χ2v) is 7.92. The highest BCUT2D eigenvalue weighted by atomic mass is 35.5. The maximum absolute atomic E-state index is 12.8. The zero-order valence-corrected chi connectivity index (χ0v) is 17.5. The van der Waals surface area contributed by atoms with Crippen LogP contribution >= 0.6 is 11.6 Å². The molecule has 8 heteroatoms. The van der Waals surface area contributed by atoms with Gasteiger partial charge in [-0.05, 0) is 68.3 Å². The molecule has 0 unspecified atom stereocenters. The zero-order valence-electron chi connectivity index (χ0n) is 16.7. The van der Waals surface area contributed by atoms with E-state index in [0.29, 0.717) is 29.2 Å². The molecule has 2 aliphatic rings. The molecule has 1 aliphatic heterocycles. The summed E-state index contributed by atoms with van der Waals surface area (Å²) in [4.78, 5) is 31.9. The molecule has 0 saturated heterocycles. The number of halogens is 1. The maximum atomic E-state index is 12.8. The predicted molar refractivity (Wildman–Crippen MR) is 119 cm³/mol. The minimum atomic E-state index is -0.871. The molecular formula is C22H24ClN5O2. The van der Waals surface area contributed by atoms with E-state index in [-0.39, 0.29) is 5.91 Å². The number of anilines is 2. The lowest BCUT2D eigenvalue weighted by Crippen LogP contribution is -2.47. The number of benzene rings is 2. The quantitative estimate of drug-likeness (QED) is 0.659. The third-order valence-electron chi connectivity index (χ3n) is 5.35. The number of amides is 3. The Kier molecular flexibility index (Phi) is 5.63. The normalized spacial score (nSPS) is 16.6. The summed E-state index contributed by atoms with van der Waals surface area (Å²) in [6.45, 7) is 4.79. The van der Waals surface area contributed by atoms with Crippen LogP contribution in [0.15, 0.2) is 53.5 Å². The molecule has 0 spiro atoms. The minimum absolute atomic E-state index is 0.213. The monoisotopic (exact) mass is 425 g/mol. The molecule has 1 aliphatic carbocycles. The van der Waals surface area contributed by atoms with Crippen molar-refractivity contribution >= 4 is 40.7 Å². The van der Waals surface area contributed by atoms with Crippen molar-refractivity contribution in [2.45, 2.75) is 25.3 Å². The Balaban J connectivity index is 1.35. The molecule has 0 radical (unpaired) electrons. The fourth-order valence-corrected chi connectivity index (χ4v) is 3.59. The summed E-state index contributed by atoms with van der Waals surface area (Å²) in [5, 5.41) is 9.03. The van der Waals surface area contributed by atoms with Crippen LogP contribution in [-0.4, -0.2) is 47.8 Å². The molecule has 2 aromatic carbocycles. The van der Waals surface area contributed by atoms with Gasteiger partial charge < -0.3 is 20.9 Å². The van der Waals surface area contributed by atoms with Crippen molar-refractivity contribution < 1.29 is 9.59 Å². The third kappa shape index (κ3) is 4.41. The second-order valence-electron chi connectivity index (χ2n) is 7.48. The Morgan fingerprint density at radius 3 is 2.30 bits per heavy atom. The number of amidine groups is 1.